The summed E-state index contributed by atoms with van der Waals surface area (Å²) in [5, 5.41) is 9.60. The summed E-state index contributed by atoms with van der Waals surface area (Å²) >= 11 is 0.156. The molecular weight excluding hydrogens is 283 g/mol. The average molecular weight is 294 g/mol. The molecule has 0 atom stereocenters. The fraction of sp³-hybridized carbons (Fsp3) is 0.0833. The summed E-state index contributed by atoms with van der Waals surface area (Å²) in [6.07, 6.45) is 3.01. The second-order valence-electron chi connectivity index (χ2n) is 3.78. The summed E-state index contributed by atoms with van der Waals surface area (Å²) in [4.78, 5) is 7.99. The fourth-order valence-corrected chi connectivity index (χ4v) is 2.12. The number of thioether (sulfide) groups is 1. The monoisotopic (exact) mass is 294 g/mol. The highest BCUT2D eigenvalue weighted by molar-refractivity contribution is 7.99. The van der Waals surface area contributed by atoms with E-state index in [0.29, 0.717) is 22.7 Å². The van der Waals surface area contributed by atoms with Crippen LogP contribution in [0, 0.1) is 5.82 Å². The number of nitrogens with zero attached hydrogens (tertiary/aromatic N) is 3. The van der Waals surface area contributed by atoms with E-state index in [4.69, 9.17) is 2.74 Å². The molecule has 5 nitrogen and oxygen atoms in total. The maximum Gasteiger partial charge on any atom is 0.201 e. The standard InChI is InChI=1S/C12H9F2N5S/c13-6-20-9-5-7(1-2-8(9)14)17-12-10-11(18-19-12)16-4-3-15-10/h1-5H,6H2,(H2,16,17,18,19)/i6D2,13-1. The first-order valence-corrected chi connectivity index (χ1v) is 6.33. The number of hydrogen-bond donors (Lipinski definition) is 2. The maximum absolute atomic E-state index is 13.6. The molecule has 0 aliphatic rings. The van der Waals surface area contributed by atoms with Gasteiger partial charge in [0.1, 0.15) is 11.8 Å². The normalized spacial score (nSPS) is 13.1. The first-order valence-electron chi connectivity index (χ1n) is 6.52. The quantitative estimate of drug-likeness (QED) is 0.723. The zero-order chi connectivity index (χ0) is 15.7. The first kappa shape index (κ1) is 10.6. The van der Waals surface area contributed by atoms with Crippen LogP contribution in [0.3, 0.4) is 0 Å². The van der Waals surface area contributed by atoms with E-state index in [-0.39, 0.29) is 16.7 Å². The van der Waals surface area contributed by atoms with E-state index >= 15 is 0 Å². The molecule has 3 aromatic rings. The van der Waals surface area contributed by atoms with Crippen LogP contribution in [0.1, 0.15) is 2.74 Å². The Balaban J connectivity index is 1.91. The van der Waals surface area contributed by atoms with E-state index in [9.17, 15) is 8.78 Å². The number of alkyl halides is 1. The van der Waals surface area contributed by atoms with Gasteiger partial charge in [0.05, 0.1) is 2.74 Å². The lowest BCUT2D eigenvalue weighted by molar-refractivity contribution is 0.590. The van der Waals surface area contributed by atoms with Crippen molar-refractivity contribution >= 4 is 34.4 Å². The maximum atomic E-state index is 13.6. The minimum absolute atomic E-state index is 0.146. The number of hydrogen-bond acceptors (Lipinski definition) is 5. The summed E-state index contributed by atoms with van der Waals surface area (Å²) in [6, 6.07) is 3.87. The number of benzene rings is 1. The molecule has 102 valence electrons. The van der Waals surface area contributed by atoms with Crippen LogP contribution in [-0.4, -0.2) is 26.1 Å². The van der Waals surface area contributed by atoms with Crippen molar-refractivity contribution in [1.29, 1.82) is 0 Å². The van der Waals surface area contributed by atoms with E-state index in [1.165, 1.54) is 24.5 Å². The molecule has 0 aliphatic carbocycles. The number of anilines is 2. The van der Waals surface area contributed by atoms with Crippen LogP contribution in [0.15, 0.2) is 35.5 Å². The Morgan fingerprint density at radius 2 is 2.20 bits per heavy atom. The third-order valence-electron chi connectivity index (χ3n) is 2.54. The first-order chi connectivity index (χ1) is 10.4. The minimum atomic E-state index is -3.06. The van der Waals surface area contributed by atoms with Crippen LogP contribution < -0.4 is 5.32 Å². The van der Waals surface area contributed by atoms with Crippen molar-refractivity contribution in [3.05, 3.63) is 36.4 Å². The number of aromatic nitrogens is 4. The van der Waals surface area contributed by atoms with Crippen molar-refractivity contribution in [2.75, 3.05) is 11.3 Å². The topological polar surface area (TPSA) is 66.5 Å². The number of rotatable bonds is 4. The van der Waals surface area contributed by atoms with Gasteiger partial charge in [-0.3, -0.25) is 5.10 Å². The van der Waals surface area contributed by atoms with Gasteiger partial charge in [0.15, 0.2) is 11.3 Å². The van der Waals surface area contributed by atoms with Crippen molar-refractivity contribution in [3.8, 4) is 0 Å². The smallest absolute Gasteiger partial charge is 0.201 e. The largest absolute Gasteiger partial charge is 0.339 e. The molecule has 0 unspecified atom stereocenters. The Morgan fingerprint density at radius 3 is 3.05 bits per heavy atom. The third kappa shape index (κ3) is 2.42. The zero-order valence-electron chi connectivity index (χ0n) is 11.9. The number of halogens is 2. The molecule has 0 bridgehead atoms. The van der Waals surface area contributed by atoms with Gasteiger partial charge in [-0.1, -0.05) is 11.8 Å². The predicted octanol–water partition coefficient (Wildman–Crippen LogP) is 3.25. The van der Waals surface area contributed by atoms with Gasteiger partial charge in [-0.15, -0.1) is 0 Å². The van der Waals surface area contributed by atoms with Gasteiger partial charge in [-0.05, 0) is 18.2 Å². The van der Waals surface area contributed by atoms with E-state index in [2.05, 4.69) is 25.5 Å². The second-order valence-corrected chi connectivity index (χ2v) is 4.57. The summed E-state index contributed by atoms with van der Waals surface area (Å²) in [6.45, 7) is 0. The molecule has 8 heteroatoms. The van der Waals surface area contributed by atoms with Crippen molar-refractivity contribution in [3.63, 3.8) is 0 Å². The Bertz CT molecular complexity index is 821. The van der Waals surface area contributed by atoms with Crippen LogP contribution in [-0.2, 0) is 0 Å². The van der Waals surface area contributed by atoms with Crippen LogP contribution in [0.4, 0.5) is 20.3 Å². The third-order valence-corrected chi connectivity index (χ3v) is 3.15. The van der Waals surface area contributed by atoms with Gasteiger partial charge in [-0.2, -0.15) is 5.10 Å². The lowest BCUT2D eigenvalue weighted by atomic mass is 10.3. The lowest BCUT2D eigenvalue weighted by Crippen LogP contribution is -1.93. The number of H-pyrrole nitrogens is 1. The van der Waals surface area contributed by atoms with Gasteiger partial charge >= 0.3 is 0 Å². The Morgan fingerprint density at radius 1 is 1.35 bits per heavy atom. The molecule has 0 saturated carbocycles. The second kappa shape index (κ2) is 5.41. The van der Waals surface area contributed by atoms with Gasteiger partial charge in [0.2, 0.25) is 5.65 Å². The van der Waals surface area contributed by atoms with E-state index in [1.54, 1.807) is 0 Å². The molecule has 0 aliphatic heterocycles. The summed E-state index contributed by atoms with van der Waals surface area (Å²) in [5.74, 6) is -3.31. The van der Waals surface area contributed by atoms with Gasteiger partial charge < -0.3 is 5.32 Å². The van der Waals surface area contributed by atoms with Gasteiger partial charge in [-0.25, -0.2) is 18.7 Å². The summed E-state index contributed by atoms with van der Waals surface area (Å²) in [7, 11) is 0. The summed E-state index contributed by atoms with van der Waals surface area (Å²) < 4.78 is 40.4. The number of fused-ring (bicyclic) bond motifs is 1. The summed E-state index contributed by atoms with van der Waals surface area (Å²) in [5.41, 5.74) is 1.35. The molecule has 3 rings (SSSR count). The SMILES string of the molecule is [2H]C([2H])([18F])Sc1cc(Nc2[nH]nc3nccnc23)ccc1F. The molecule has 2 heterocycles. The number of nitrogens with one attached hydrogen (secondary N) is 2. The lowest BCUT2D eigenvalue weighted by Gasteiger charge is -2.06. The molecular formula is C12H9F2N5S. The van der Waals surface area contributed by atoms with Crippen LogP contribution in [0.2, 0.25) is 0 Å². The van der Waals surface area contributed by atoms with Crippen molar-refractivity contribution in [2.24, 2.45) is 0 Å². The zero-order valence-corrected chi connectivity index (χ0v) is 10.7. The number of aromatic amines is 1. The minimum Gasteiger partial charge on any atom is -0.339 e. The molecule has 0 radical (unpaired) electrons. The van der Waals surface area contributed by atoms with E-state index < -0.39 is 11.8 Å². The fourth-order valence-electron chi connectivity index (χ4n) is 1.68. The molecule has 2 aromatic heterocycles. The van der Waals surface area contributed by atoms with E-state index in [0.717, 1.165) is 6.07 Å². The molecule has 0 saturated heterocycles. The Hall–Kier alpha value is -2.22. The highest BCUT2D eigenvalue weighted by Gasteiger charge is 2.09. The van der Waals surface area contributed by atoms with Crippen molar-refractivity contribution < 1.29 is 11.5 Å². The molecule has 2 N–H and O–H groups in total. The van der Waals surface area contributed by atoms with Crippen LogP contribution >= 0.6 is 11.8 Å². The van der Waals surface area contributed by atoms with Crippen molar-refractivity contribution in [1.82, 2.24) is 20.2 Å². The van der Waals surface area contributed by atoms with Crippen LogP contribution in [0.5, 0.6) is 0 Å². The van der Waals surface area contributed by atoms with Crippen molar-refractivity contribution in [2.45, 2.75) is 4.90 Å². The highest BCUT2D eigenvalue weighted by atomic mass is 32.2. The van der Waals surface area contributed by atoms with Gasteiger partial charge in [0.25, 0.3) is 0 Å². The molecule has 20 heavy (non-hydrogen) atoms. The van der Waals surface area contributed by atoms with Crippen LogP contribution in [0.25, 0.3) is 11.2 Å². The molecule has 1 aromatic carbocycles. The van der Waals surface area contributed by atoms with Gasteiger partial charge in [0, 0.05) is 23.0 Å². The highest BCUT2D eigenvalue weighted by Crippen LogP contribution is 2.27. The van der Waals surface area contributed by atoms with E-state index in [1.807, 2.05) is 0 Å². The molecule has 0 fully saturated rings. The molecule has 0 amide bonds. The predicted molar refractivity (Wildman–Crippen MR) is 73.2 cm³/mol. The average Bonchev–Trinajstić information content (AvgIpc) is 2.85. The molecule has 0 spiro atoms. The Kier molecular flexibility index (Phi) is 2.86. The Labute approximate surface area is 119 Å².